The van der Waals surface area contributed by atoms with Crippen molar-refractivity contribution in [3.8, 4) is 0 Å². The van der Waals surface area contributed by atoms with Crippen molar-refractivity contribution in [1.29, 1.82) is 0 Å². The van der Waals surface area contributed by atoms with E-state index in [0.717, 1.165) is 17.7 Å². The lowest BCUT2D eigenvalue weighted by atomic mass is 10.1. The second-order valence-electron chi connectivity index (χ2n) is 5.07. The van der Waals surface area contributed by atoms with Crippen LogP contribution >= 0.6 is 11.6 Å². The first kappa shape index (κ1) is 15.4. The zero-order chi connectivity index (χ0) is 15.4. The first-order valence-electron chi connectivity index (χ1n) is 6.96. The van der Waals surface area contributed by atoms with Gasteiger partial charge < -0.3 is 10.6 Å². The van der Waals surface area contributed by atoms with E-state index >= 15 is 0 Å². The van der Waals surface area contributed by atoms with Crippen LogP contribution in [0.25, 0.3) is 0 Å². The van der Waals surface area contributed by atoms with Crippen LogP contribution in [0, 0.1) is 6.92 Å². The lowest BCUT2D eigenvalue weighted by molar-refractivity contribution is 0.0987. The molecule has 0 aliphatic heterocycles. The Balaban J connectivity index is 2.39. The first-order chi connectivity index (χ1) is 10.0. The van der Waals surface area contributed by atoms with Gasteiger partial charge in [-0.1, -0.05) is 24.6 Å². The maximum absolute atomic E-state index is 12.8. The molecule has 4 heteroatoms. The number of nitrogens with zero attached hydrogens (tertiary/aromatic N) is 1. The zero-order valence-corrected chi connectivity index (χ0v) is 13.0. The zero-order valence-electron chi connectivity index (χ0n) is 12.3. The number of hydrogen-bond acceptors (Lipinski definition) is 2. The molecule has 2 aromatic rings. The molecule has 2 N–H and O–H groups in total. The van der Waals surface area contributed by atoms with Gasteiger partial charge in [-0.05, 0) is 55.3 Å². The molecule has 1 amide bonds. The van der Waals surface area contributed by atoms with Crippen molar-refractivity contribution in [3.63, 3.8) is 0 Å². The summed E-state index contributed by atoms with van der Waals surface area (Å²) in [7, 11) is 0. The average molecular weight is 303 g/mol. The minimum atomic E-state index is -0.0620. The van der Waals surface area contributed by atoms with Crippen LogP contribution in [0.2, 0.25) is 5.02 Å². The second kappa shape index (κ2) is 6.64. The molecule has 0 unspecified atom stereocenters. The summed E-state index contributed by atoms with van der Waals surface area (Å²) in [5.41, 5.74) is 8.83. The van der Waals surface area contributed by atoms with Gasteiger partial charge in [0.15, 0.2) is 0 Å². The molecular formula is C17H19ClN2O. The fourth-order valence-electron chi connectivity index (χ4n) is 2.28. The van der Waals surface area contributed by atoms with Crippen molar-refractivity contribution in [1.82, 2.24) is 0 Å². The molecule has 2 rings (SSSR count). The van der Waals surface area contributed by atoms with Crippen LogP contribution in [0.15, 0.2) is 42.5 Å². The first-order valence-corrected chi connectivity index (χ1v) is 7.33. The number of aryl methyl sites for hydroxylation is 1. The fourth-order valence-corrected chi connectivity index (χ4v) is 2.57. The van der Waals surface area contributed by atoms with Crippen molar-refractivity contribution >= 4 is 28.9 Å². The molecule has 0 aliphatic rings. The molecule has 0 fully saturated rings. The summed E-state index contributed by atoms with van der Waals surface area (Å²) in [6, 6.07) is 12.7. The highest BCUT2D eigenvalue weighted by atomic mass is 35.5. The van der Waals surface area contributed by atoms with E-state index in [1.54, 1.807) is 11.0 Å². The molecule has 0 saturated heterocycles. The number of benzene rings is 2. The number of carbonyl (C=O) groups is 1. The topological polar surface area (TPSA) is 46.3 Å². The molecule has 0 bridgehead atoms. The van der Waals surface area contributed by atoms with Gasteiger partial charge in [0.2, 0.25) is 0 Å². The molecule has 3 nitrogen and oxygen atoms in total. The van der Waals surface area contributed by atoms with Crippen molar-refractivity contribution < 1.29 is 4.79 Å². The normalized spacial score (nSPS) is 10.4. The van der Waals surface area contributed by atoms with E-state index < -0.39 is 0 Å². The van der Waals surface area contributed by atoms with Gasteiger partial charge >= 0.3 is 0 Å². The summed E-state index contributed by atoms with van der Waals surface area (Å²) in [5.74, 6) is -0.0620. The maximum atomic E-state index is 12.8. The third kappa shape index (κ3) is 3.76. The highest BCUT2D eigenvalue weighted by Gasteiger charge is 2.17. The van der Waals surface area contributed by atoms with E-state index in [1.807, 2.05) is 50.2 Å². The number of halogens is 1. The molecule has 0 saturated carbocycles. The van der Waals surface area contributed by atoms with Gasteiger partial charge in [-0.2, -0.15) is 0 Å². The Kier molecular flexibility index (Phi) is 4.86. The predicted molar refractivity (Wildman–Crippen MR) is 89.0 cm³/mol. The number of nitrogens with two attached hydrogens (primary N) is 1. The van der Waals surface area contributed by atoms with Gasteiger partial charge in [0.25, 0.3) is 5.91 Å². The van der Waals surface area contributed by atoms with Crippen LogP contribution < -0.4 is 10.6 Å². The summed E-state index contributed by atoms with van der Waals surface area (Å²) in [6.07, 6.45) is 0.861. The van der Waals surface area contributed by atoms with E-state index in [4.69, 9.17) is 17.3 Å². The number of nitrogen functional groups attached to an aromatic ring is 1. The maximum Gasteiger partial charge on any atom is 0.258 e. The molecule has 21 heavy (non-hydrogen) atoms. The van der Waals surface area contributed by atoms with Crippen molar-refractivity contribution in [2.75, 3.05) is 17.2 Å². The third-order valence-electron chi connectivity index (χ3n) is 3.16. The van der Waals surface area contributed by atoms with Gasteiger partial charge in [-0.25, -0.2) is 0 Å². The third-order valence-corrected chi connectivity index (χ3v) is 3.38. The second-order valence-corrected chi connectivity index (χ2v) is 5.51. The summed E-state index contributed by atoms with van der Waals surface area (Å²) in [4.78, 5) is 14.5. The largest absolute Gasteiger partial charge is 0.399 e. The summed E-state index contributed by atoms with van der Waals surface area (Å²) in [5, 5.41) is 0.572. The van der Waals surface area contributed by atoms with E-state index in [-0.39, 0.29) is 5.91 Å². The average Bonchev–Trinajstić information content (AvgIpc) is 2.43. The van der Waals surface area contributed by atoms with Crippen LogP contribution in [0.1, 0.15) is 29.3 Å². The van der Waals surface area contributed by atoms with Crippen LogP contribution in [-0.2, 0) is 0 Å². The monoisotopic (exact) mass is 302 g/mol. The fraction of sp³-hybridized carbons (Fsp3) is 0.235. The highest BCUT2D eigenvalue weighted by molar-refractivity contribution is 6.31. The van der Waals surface area contributed by atoms with Crippen LogP contribution in [0.5, 0.6) is 0 Å². The molecular weight excluding hydrogens is 284 g/mol. The Morgan fingerprint density at radius 1 is 1.24 bits per heavy atom. The van der Waals surface area contributed by atoms with Gasteiger partial charge in [0, 0.05) is 28.5 Å². The van der Waals surface area contributed by atoms with Crippen molar-refractivity contribution in [3.05, 3.63) is 58.6 Å². The molecule has 0 heterocycles. The summed E-state index contributed by atoms with van der Waals surface area (Å²) < 4.78 is 0. The number of anilines is 2. The Labute approximate surface area is 130 Å². The van der Waals surface area contributed by atoms with Crippen molar-refractivity contribution in [2.45, 2.75) is 20.3 Å². The van der Waals surface area contributed by atoms with E-state index in [0.29, 0.717) is 22.8 Å². The molecule has 110 valence electrons. The summed E-state index contributed by atoms with van der Waals surface area (Å²) in [6.45, 7) is 4.59. The minimum Gasteiger partial charge on any atom is -0.399 e. The Morgan fingerprint density at radius 3 is 2.62 bits per heavy atom. The Bertz CT molecular complexity index is 635. The van der Waals surface area contributed by atoms with Crippen LogP contribution in [0.3, 0.4) is 0 Å². The van der Waals surface area contributed by atoms with Crippen molar-refractivity contribution in [2.24, 2.45) is 0 Å². The van der Waals surface area contributed by atoms with Gasteiger partial charge in [0.05, 0.1) is 0 Å². The lowest BCUT2D eigenvalue weighted by Gasteiger charge is -2.23. The van der Waals surface area contributed by atoms with Crippen LogP contribution in [-0.4, -0.2) is 12.5 Å². The smallest absolute Gasteiger partial charge is 0.258 e. The number of carbonyl (C=O) groups excluding carboxylic acids is 1. The number of rotatable bonds is 4. The van der Waals surface area contributed by atoms with Gasteiger partial charge in [-0.15, -0.1) is 0 Å². The SMILES string of the molecule is CCCN(C(=O)c1cc(C)cc(Cl)c1)c1cccc(N)c1. The lowest BCUT2D eigenvalue weighted by Crippen LogP contribution is -2.31. The van der Waals surface area contributed by atoms with Gasteiger partial charge in [-0.3, -0.25) is 4.79 Å². The number of hydrogen-bond donors (Lipinski definition) is 1. The quantitative estimate of drug-likeness (QED) is 0.857. The van der Waals surface area contributed by atoms with E-state index in [1.165, 1.54) is 0 Å². The Morgan fingerprint density at radius 2 is 2.00 bits per heavy atom. The van der Waals surface area contributed by atoms with Crippen LogP contribution in [0.4, 0.5) is 11.4 Å². The standard InChI is InChI=1S/C17H19ClN2O/c1-3-7-20(16-6-4-5-15(19)11-16)17(21)13-8-12(2)9-14(18)10-13/h4-6,8-11H,3,7,19H2,1-2H3. The predicted octanol–water partition coefficient (Wildman–Crippen LogP) is 4.29. The molecule has 0 spiro atoms. The molecule has 0 aliphatic carbocycles. The highest BCUT2D eigenvalue weighted by Crippen LogP contribution is 2.22. The number of amides is 1. The molecule has 0 atom stereocenters. The Hall–Kier alpha value is -2.00. The molecule has 2 aromatic carbocycles. The molecule has 0 radical (unpaired) electrons. The van der Waals surface area contributed by atoms with Gasteiger partial charge in [0.1, 0.15) is 0 Å². The van der Waals surface area contributed by atoms with E-state index in [2.05, 4.69) is 0 Å². The summed E-state index contributed by atoms with van der Waals surface area (Å²) >= 11 is 6.06. The van der Waals surface area contributed by atoms with E-state index in [9.17, 15) is 4.79 Å². The minimum absolute atomic E-state index is 0.0620. The molecule has 0 aromatic heterocycles.